The van der Waals surface area contributed by atoms with Gasteiger partial charge in [0.15, 0.2) is 6.61 Å². The van der Waals surface area contributed by atoms with E-state index in [0.29, 0.717) is 5.75 Å². The van der Waals surface area contributed by atoms with E-state index >= 15 is 0 Å². The second-order valence-electron chi connectivity index (χ2n) is 5.31. The molecule has 0 aliphatic carbocycles. The van der Waals surface area contributed by atoms with Gasteiger partial charge in [0.2, 0.25) is 9.84 Å². The van der Waals surface area contributed by atoms with E-state index in [9.17, 15) is 13.2 Å². The van der Waals surface area contributed by atoms with E-state index in [2.05, 4.69) is 0 Å². The van der Waals surface area contributed by atoms with E-state index in [1.165, 1.54) is 12.1 Å². The quantitative estimate of drug-likeness (QED) is 0.842. The van der Waals surface area contributed by atoms with Crippen LogP contribution in [0.15, 0.2) is 64.4 Å². The molecule has 0 aromatic heterocycles. The molecule has 1 saturated heterocycles. The van der Waals surface area contributed by atoms with E-state index < -0.39 is 9.84 Å². The molecule has 1 amide bonds. The summed E-state index contributed by atoms with van der Waals surface area (Å²) in [5, 5.41) is 0. The number of hydrogen-bond donors (Lipinski definition) is 0. The van der Waals surface area contributed by atoms with E-state index in [-0.39, 0.29) is 22.3 Å². The van der Waals surface area contributed by atoms with Crippen molar-refractivity contribution in [3.05, 3.63) is 54.6 Å². The molecule has 23 heavy (non-hydrogen) atoms. The minimum atomic E-state index is -3.53. The lowest BCUT2D eigenvalue weighted by Crippen LogP contribution is -2.44. The third-order valence-corrected chi connectivity index (χ3v) is 5.54. The van der Waals surface area contributed by atoms with Crippen LogP contribution in [0.2, 0.25) is 0 Å². The van der Waals surface area contributed by atoms with Crippen LogP contribution in [-0.4, -0.2) is 38.9 Å². The minimum Gasteiger partial charge on any atom is -0.484 e. The van der Waals surface area contributed by atoms with Gasteiger partial charge in [-0.2, -0.15) is 0 Å². The van der Waals surface area contributed by atoms with Gasteiger partial charge in [0.1, 0.15) is 5.75 Å². The number of likely N-dealkylation sites (tertiary alicyclic amines) is 1. The second-order valence-corrected chi connectivity index (χ2v) is 7.26. The smallest absolute Gasteiger partial charge is 0.260 e. The number of carbonyl (C=O) groups is 1. The topological polar surface area (TPSA) is 63.7 Å². The van der Waals surface area contributed by atoms with E-state index in [1.54, 1.807) is 47.4 Å². The van der Waals surface area contributed by atoms with Gasteiger partial charge in [-0.05, 0) is 42.8 Å². The average Bonchev–Trinajstić information content (AvgIpc) is 2.52. The third-order valence-electron chi connectivity index (χ3n) is 3.76. The Balaban J connectivity index is 1.68. The highest BCUT2D eigenvalue weighted by Gasteiger charge is 2.20. The van der Waals surface area contributed by atoms with Crippen molar-refractivity contribution in [2.75, 3.05) is 19.7 Å². The summed E-state index contributed by atoms with van der Waals surface area (Å²) in [6.07, 6.45) is 1.04. The van der Waals surface area contributed by atoms with Crippen LogP contribution in [-0.2, 0) is 14.6 Å². The summed E-state index contributed by atoms with van der Waals surface area (Å²) in [5.74, 6) is 0.433. The Bertz CT molecular complexity index is 781. The second kappa shape index (κ2) is 6.42. The Morgan fingerprint density at radius 3 is 2.13 bits per heavy atom. The summed E-state index contributed by atoms with van der Waals surface area (Å²) in [4.78, 5) is 13.9. The largest absolute Gasteiger partial charge is 0.484 e. The van der Waals surface area contributed by atoms with Crippen molar-refractivity contribution >= 4 is 15.7 Å². The van der Waals surface area contributed by atoms with Crippen LogP contribution in [0, 0.1) is 0 Å². The Morgan fingerprint density at radius 1 is 0.957 bits per heavy atom. The maximum atomic E-state index is 12.4. The zero-order valence-corrected chi connectivity index (χ0v) is 13.3. The number of hydrogen-bond acceptors (Lipinski definition) is 4. The summed E-state index contributed by atoms with van der Waals surface area (Å²) in [7, 11) is -3.53. The van der Waals surface area contributed by atoms with Crippen LogP contribution in [0.4, 0.5) is 0 Å². The molecule has 2 aromatic carbocycles. The molecule has 0 bridgehead atoms. The highest BCUT2D eigenvalue weighted by molar-refractivity contribution is 7.91. The molecular weight excluding hydrogens is 314 g/mol. The lowest BCUT2D eigenvalue weighted by molar-refractivity contribution is -0.136. The fourth-order valence-electron chi connectivity index (χ4n) is 2.25. The highest BCUT2D eigenvalue weighted by atomic mass is 32.2. The first-order valence-corrected chi connectivity index (χ1v) is 8.86. The maximum absolute atomic E-state index is 12.4. The van der Waals surface area contributed by atoms with Crippen LogP contribution < -0.4 is 4.74 Å². The van der Waals surface area contributed by atoms with Crippen molar-refractivity contribution in [2.24, 2.45) is 0 Å². The molecule has 3 rings (SSSR count). The van der Waals surface area contributed by atoms with E-state index in [0.717, 1.165) is 19.5 Å². The van der Waals surface area contributed by atoms with Crippen molar-refractivity contribution in [1.29, 1.82) is 0 Å². The predicted molar refractivity (Wildman–Crippen MR) is 85.0 cm³/mol. The van der Waals surface area contributed by atoms with Gasteiger partial charge in [-0.15, -0.1) is 0 Å². The molecule has 0 unspecified atom stereocenters. The molecule has 1 aliphatic heterocycles. The normalized spacial score (nSPS) is 14.2. The zero-order valence-electron chi connectivity index (χ0n) is 12.5. The Labute approximate surface area is 135 Å². The number of sulfone groups is 1. The number of carbonyl (C=O) groups excluding carboxylic acids is 1. The fraction of sp³-hybridized carbons (Fsp3) is 0.235. The minimum absolute atomic E-state index is 0.0230. The molecule has 0 atom stereocenters. The Hall–Kier alpha value is -2.34. The van der Waals surface area contributed by atoms with E-state index in [4.69, 9.17) is 4.74 Å². The van der Waals surface area contributed by atoms with Crippen molar-refractivity contribution < 1.29 is 17.9 Å². The lowest BCUT2D eigenvalue weighted by Gasteiger charge is -2.30. The van der Waals surface area contributed by atoms with Gasteiger partial charge in [-0.1, -0.05) is 18.2 Å². The number of benzene rings is 2. The Kier molecular flexibility index (Phi) is 4.34. The zero-order chi connectivity index (χ0) is 16.3. The van der Waals surface area contributed by atoms with Gasteiger partial charge in [0.05, 0.1) is 9.79 Å². The van der Waals surface area contributed by atoms with Gasteiger partial charge >= 0.3 is 0 Å². The molecule has 1 fully saturated rings. The summed E-state index contributed by atoms with van der Waals surface area (Å²) < 4.78 is 30.3. The van der Waals surface area contributed by atoms with Gasteiger partial charge in [-0.3, -0.25) is 4.79 Å². The first-order valence-electron chi connectivity index (χ1n) is 7.38. The third kappa shape index (κ3) is 3.37. The molecule has 1 heterocycles. The van der Waals surface area contributed by atoms with Crippen LogP contribution in [0.5, 0.6) is 5.75 Å². The highest BCUT2D eigenvalue weighted by Crippen LogP contribution is 2.23. The summed E-state index contributed by atoms with van der Waals surface area (Å²) in [5.41, 5.74) is 0. The summed E-state index contributed by atoms with van der Waals surface area (Å²) in [6, 6.07) is 14.4. The molecular formula is C17H17NO4S. The van der Waals surface area contributed by atoms with Crippen molar-refractivity contribution in [1.82, 2.24) is 4.90 Å². The average molecular weight is 331 g/mol. The van der Waals surface area contributed by atoms with Crippen molar-refractivity contribution in [3.8, 4) is 5.75 Å². The molecule has 5 nitrogen and oxygen atoms in total. The number of nitrogens with zero attached hydrogens (tertiary/aromatic N) is 1. The predicted octanol–water partition coefficient (Wildman–Crippen LogP) is 2.13. The molecule has 6 heteroatoms. The van der Waals surface area contributed by atoms with Crippen molar-refractivity contribution in [3.63, 3.8) is 0 Å². The monoisotopic (exact) mass is 331 g/mol. The van der Waals surface area contributed by atoms with Gasteiger partial charge in [-0.25, -0.2) is 8.42 Å². The molecule has 2 aromatic rings. The maximum Gasteiger partial charge on any atom is 0.260 e. The molecule has 0 radical (unpaired) electrons. The van der Waals surface area contributed by atoms with Crippen LogP contribution >= 0.6 is 0 Å². The number of rotatable bonds is 5. The molecule has 0 spiro atoms. The molecule has 120 valence electrons. The molecule has 1 aliphatic rings. The van der Waals surface area contributed by atoms with Gasteiger partial charge < -0.3 is 9.64 Å². The number of amides is 1. The lowest BCUT2D eigenvalue weighted by atomic mass is 10.2. The standard InChI is InChI=1S/C17H17NO4S/c19-17(18-11-4-12-18)13-22-14-7-9-16(10-8-14)23(20,21)15-5-2-1-3-6-15/h1-3,5-10H,4,11-13H2. The van der Waals surface area contributed by atoms with Crippen molar-refractivity contribution in [2.45, 2.75) is 16.2 Å². The van der Waals surface area contributed by atoms with E-state index in [1.807, 2.05) is 0 Å². The van der Waals surface area contributed by atoms with Gasteiger partial charge in [0.25, 0.3) is 5.91 Å². The van der Waals surface area contributed by atoms with Crippen LogP contribution in [0.25, 0.3) is 0 Å². The summed E-state index contributed by atoms with van der Waals surface area (Å²) >= 11 is 0. The number of ether oxygens (including phenoxy) is 1. The first-order chi connectivity index (χ1) is 11.1. The summed E-state index contributed by atoms with van der Waals surface area (Å²) in [6.45, 7) is 1.55. The fourth-order valence-corrected chi connectivity index (χ4v) is 3.53. The van der Waals surface area contributed by atoms with Gasteiger partial charge in [0, 0.05) is 13.1 Å². The molecule has 0 saturated carbocycles. The SMILES string of the molecule is O=C(COc1ccc(S(=O)(=O)c2ccccc2)cc1)N1CCC1. The van der Waals surface area contributed by atoms with Crippen LogP contribution in [0.1, 0.15) is 6.42 Å². The van der Waals surface area contributed by atoms with Crippen LogP contribution in [0.3, 0.4) is 0 Å². The molecule has 0 N–H and O–H groups in total. The first kappa shape index (κ1) is 15.6. The Morgan fingerprint density at radius 2 is 1.57 bits per heavy atom.